The maximum atomic E-state index is 10.8. The van der Waals surface area contributed by atoms with Gasteiger partial charge in [-0.25, -0.2) is 5.48 Å². The molecule has 0 bridgehead atoms. The standard InChI is InChI=1S/C20H38N2O3/c1-2-3-4-5-6-7-8-9-10-11-12-13-14-15-16-17-18-25-22-20(24)19(21)23/h9-10H,2-8,11-18H2,1H3,(H2,21,23)(H,22,24)/b10-9-. The minimum absolute atomic E-state index is 0.417. The molecule has 0 aliphatic rings. The highest BCUT2D eigenvalue weighted by atomic mass is 16.7. The summed E-state index contributed by atoms with van der Waals surface area (Å²) < 4.78 is 0. The van der Waals surface area contributed by atoms with Crippen LogP contribution in [0.25, 0.3) is 0 Å². The number of amides is 2. The van der Waals surface area contributed by atoms with E-state index in [1.807, 2.05) is 5.48 Å². The van der Waals surface area contributed by atoms with Crippen LogP contribution in [0.15, 0.2) is 12.2 Å². The monoisotopic (exact) mass is 354 g/mol. The van der Waals surface area contributed by atoms with Gasteiger partial charge in [-0.05, 0) is 32.1 Å². The SMILES string of the molecule is CCCCCCCC/C=C\CCCCCCCCONC(=O)C(N)=O. The van der Waals surface area contributed by atoms with Crippen molar-refractivity contribution < 1.29 is 14.4 Å². The van der Waals surface area contributed by atoms with Crippen molar-refractivity contribution in [1.29, 1.82) is 0 Å². The van der Waals surface area contributed by atoms with Gasteiger partial charge in [0, 0.05) is 0 Å². The van der Waals surface area contributed by atoms with Gasteiger partial charge in [-0.2, -0.15) is 0 Å². The lowest BCUT2D eigenvalue weighted by Crippen LogP contribution is -2.36. The van der Waals surface area contributed by atoms with Crippen molar-refractivity contribution >= 4 is 11.8 Å². The molecule has 0 rings (SSSR count). The summed E-state index contributed by atoms with van der Waals surface area (Å²) in [4.78, 5) is 26.1. The predicted molar refractivity (Wildman–Crippen MR) is 103 cm³/mol. The summed E-state index contributed by atoms with van der Waals surface area (Å²) >= 11 is 0. The van der Waals surface area contributed by atoms with Gasteiger partial charge in [0.25, 0.3) is 0 Å². The zero-order chi connectivity index (χ0) is 18.6. The molecule has 0 aliphatic carbocycles. The summed E-state index contributed by atoms with van der Waals surface area (Å²) in [5.41, 5.74) is 6.79. The Morgan fingerprint density at radius 2 is 1.28 bits per heavy atom. The molecule has 0 aromatic carbocycles. The number of hydrogen-bond donors (Lipinski definition) is 2. The smallest absolute Gasteiger partial charge is 0.332 e. The number of carbonyl (C=O) groups is 2. The Labute approximate surface area is 153 Å². The van der Waals surface area contributed by atoms with E-state index in [0.717, 1.165) is 12.8 Å². The van der Waals surface area contributed by atoms with Gasteiger partial charge in [-0.3, -0.25) is 14.4 Å². The van der Waals surface area contributed by atoms with Crippen molar-refractivity contribution in [3.05, 3.63) is 12.2 Å². The second-order valence-electron chi connectivity index (χ2n) is 6.58. The van der Waals surface area contributed by atoms with E-state index in [-0.39, 0.29) is 0 Å². The van der Waals surface area contributed by atoms with Crippen molar-refractivity contribution in [1.82, 2.24) is 5.48 Å². The number of rotatable bonds is 17. The van der Waals surface area contributed by atoms with Crippen LogP contribution in [0, 0.1) is 0 Å². The Morgan fingerprint density at radius 3 is 1.80 bits per heavy atom. The topological polar surface area (TPSA) is 81.4 Å². The van der Waals surface area contributed by atoms with Crippen molar-refractivity contribution in [2.24, 2.45) is 5.73 Å². The van der Waals surface area contributed by atoms with Crippen LogP contribution in [0.2, 0.25) is 0 Å². The zero-order valence-electron chi connectivity index (χ0n) is 16.1. The third-order valence-electron chi connectivity index (χ3n) is 4.15. The van der Waals surface area contributed by atoms with Gasteiger partial charge in [0.05, 0.1) is 6.61 Å². The van der Waals surface area contributed by atoms with Crippen molar-refractivity contribution in [2.45, 2.75) is 96.8 Å². The van der Waals surface area contributed by atoms with Gasteiger partial charge in [0.15, 0.2) is 0 Å². The lowest BCUT2D eigenvalue weighted by Gasteiger charge is -2.03. The lowest BCUT2D eigenvalue weighted by atomic mass is 10.1. The Balaban J connectivity index is 3.14. The van der Waals surface area contributed by atoms with Crippen molar-refractivity contribution in [2.75, 3.05) is 6.61 Å². The quantitative estimate of drug-likeness (QED) is 0.174. The fourth-order valence-corrected chi connectivity index (χ4v) is 2.59. The minimum Gasteiger partial charge on any atom is -0.361 e. The molecule has 0 unspecified atom stereocenters. The third kappa shape index (κ3) is 18.8. The van der Waals surface area contributed by atoms with Crippen LogP contribution in [0.4, 0.5) is 0 Å². The van der Waals surface area contributed by atoms with Gasteiger partial charge in [-0.15, -0.1) is 0 Å². The van der Waals surface area contributed by atoms with E-state index in [4.69, 9.17) is 10.6 Å². The summed E-state index contributed by atoms with van der Waals surface area (Å²) in [6.45, 7) is 2.67. The first kappa shape index (κ1) is 23.6. The van der Waals surface area contributed by atoms with Crippen LogP contribution < -0.4 is 11.2 Å². The molecule has 0 heterocycles. The molecule has 0 spiro atoms. The Morgan fingerprint density at radius 1 is 0.800 bits per heavy atom. The van der Waals surface area contributed by atoms with E-state index >= 15 is 0 Å². The molecule has 0 fully saturated rings. The zero-order valence-corrected chi connectivity index (χ0v) is 16.1. The Kier molecular flexibility index (Phi) is 17.9. The molecule has 5 heteroatoms. The fraction of sp³-hybridized carbons (Fsp3) is 0.800. The van der Waals surface area contributed by atoms with Crippen molar-refractivity contribution in [3.63, 3.8) is 0 Å². The van der Waals surface area contributed by atoms with E-state index < -0.39 is 11.8 Å². The first-order chi connectivity index (χ1) is 12.2. The summed E-state index contributed by atoms with van der Waals surface area (Å²) in [7, 11) is 0. The first-order valence-corrected chi connectivity index (χ1v) is 10.0. The van der Waals surface area contributed by atoms with Crippen LogP contribution in [0.1, 0.15) is 96.8 Å². The van der Waals surface area contributed by atoms with E-state index in [1.165, 1.54) is 77.0 Å². The minimum atomic E-state index is -1.03. The molecule has 0 saturated carbocycles. The highest BCUT2D eigenvalue weighted by Crippen LogP contribution is 2.09. The van der Waals surface area contributed by atoms with Crippen LogP contribution in [-0.4, -0.2) is 18.4 Å². The summed E-state index contributed by atoms with van der Waals surface area (Å²) in [5.74, 6) is -1.93. The highest BCUT2D eigenvalue weighted by Gasteiger charge is 2.06. The van der Waals surface area contributed by atoms with Gasteiger partial charge in [-0.1, -0.05) is 76.9 Å². The second kappa shape index (κ2) is 19.0. The number of hydroxylamine groups is 1. The molecule has 2 amide bonds. The lowest BCUT2D eigenvalue weighted by molar-refractivity contribution is -0.145. The summed E-state index contributed by atoms with van der Waals surface area (Å²) in [6.07, 6.45) is 22.2. The number of hydrogen-bond acceptors (Lipinski definition) is 3. The Hall–Kier alpha value is -1.36. The molecule has 0 atom stereocenters. The number of allylic oxidation sites excluding steroid dienone is 2. The third-order valence-corrected chi connectivity index (χ3v) is 4.15. The average Bonchev–Trinajstić information content (AvgIpc) is 2.60. The second-order valence-corrected chi connectivity index (χ2v) is 6.58. The maximum absolute atomic E-state index is 10.8. The van der Waals surface area contributed by atoms with E-state index in [0.29, 0.717) is 6.61 Å². The normalized spacial score (nSPS) is 11.1. The van der Waals surface area contributed by atoms with E-state index in [1.54, 1.807) is 0 Å². The number of nitrogens with two attached hydrogens (primary N) is 1. The Bertz CT molecular complexity index is 357. The van der Waals surface area contributed by atoms with Gasteiger partial charge >= 0.3 is 11.8 Å². The average molecular weight is 355 g/mol. The maximum Gasteiger partial charge on any atom is 0.332 e. The van der Waals surface area contributed by atoms with Crippen LogP contribution in [-0.2, 0) is 14.4 Å². The molecule has 0 saturated heterocycles. The molecule has 25 heavy (non-hydrogen) atoms. The molecule has 146 valence electrons. The molecule has 0 radical (unpaired) electrons. The molecule has 0 aliphatic heterocycles. The van der Waals surface area contributed by atoms with Crippen LogP contribution >= 0.6 is 0 Å². The van der Waals surface area contributed by atoms with E-state index in [2.05, 4.69) is 19.1 Å². The molecular weight excluding hydrogens is 316 g/mol. The molecule has 0 aromatic heterocycles. The van der Waals surface area contributed by atoms with Gasteiger partial charge < -0.3 is 5.73 Å². The molecule has 3 N–H and O–H groups in total. The molecule has 0 aromatic rings. The number of carbonyl (C=O) groups excluding carboxylic acids is 2. The van der Waals surface area contributed by atoms with Crippen LogP contribution in [0.3, 0.4) is 0 Å². The fourth-order valence-electron chi connectivity index (χ4n) is 2.59. The number of unbranched alkanes of at least 4 members (excludes halogenated alkanes) is 12. The molecular formula is C20H38N2O3. The van der Waals surface area contributed by atoms with Gasteiger partial charge in [0.2, 0.25) is 0 Å². The summed E-state index contributed by atoms with van der Waals surface area (Å²) in [5, 5.41) is 0. The summed E-state index contributed by atoms with van der Waals surface area (Å²) in [6, 6.07) is 0. The first-order valence-electron chi connectivity index (χ1n) is 10.0. The number of nitrogens with one attached hydrogen (secondary N) is 1. The van der Waals surface area contributed by atoms with E-state index in [9.17, 15) is 9.59 Å². The van der Waals surface area contributed by atoms with Crippen LogP contribution in [0.5, 0.6) is 0 Å². The molecule has 5 nitrogen and oxygen atoms in total. The van der Waals surface area contributed by atoms with Crippen molar-refractivity contribution in [3.8, 4) is 0 Å². The number of primary amides is 1. The predicted octanol–water partition coefficient (Wildman–Crippen LogP) is 4.56. The highest BCUT2D eigenvalue weighted by molar-refractivity contribution is 6.34. The largest absolute Gasteiger partial charge is 0.361 e. The van der Waals surface area contributed by atoms with Gasteiger partial charge in [0.1, 0.15) is 0 Å².